The summed E-state index contributed by atoms with van der Waals surface area (Å²) in [5, 5.41) is 3.50. The van der Waals surface area contributed by atoms with Crippen molar-refractivity contribution in [3.05, 3.63) is 65.7 Å². The first-order valence-electron chi connectivity index (χ1n) is 12.6. The molecule has 3 rings (SSSR count). The fraction of sp³-hybridized carbons (Fsp3) is 0.586. The van der Waals surface area contributed by atoms with E-state index in [4.69, 9.17) is 9.47 Å². The van der Waals surface area contributed by atoms with E-state index >= 15 is 0 Å². The molecule has 0 amide bonds. The zero-order valence-corrected chi connectivity index (χ0v) is 21.5. The van der Waals surface area contributed by atoms with Gasteiger partial charge >= 0.3 is 0 Å². The lowest BCUT2D eigenvalue weighted by Crippen LogP contribution is -2.59. The van der Waals surface area contributed by atoms with Crippen LogP contribution in [0.5, 0.6) is 5.75 Å². The number of quaternary nitrogens is 1. The topological polar surface area (TPSA) is 30.5 Å². The Morgan fingerprint density at radius 1 is 0.818 bits per heavy atom. The van der Waals surface area contributed by atoms with Crippen LogP contribution in [-0.2, 0) is 16.7 Å². The molecule has 1 aliphatic heterocycles. The predicted octanol–water partition coefficient (Wildman–Crippen LogP) is 5.42. The van der Waals surface area contributed by atoms with E-state index in [-0.39, 0.29) is 5.41 Å². The van der Waals surface area contributed by atoms with Gasteiger partial charge in [0.05, 0.1) is 26.3 Å². The molecule has 2 aromatic rings. The Kier molecular flexibility index (Phi) is 8.97. The maximum absolute atomic E-state index is 5.99. The summed E-state index contributed by atoms with van der Waals surface area (Å²) in [4.78, 5) is 0. The summed E-state index contributed by atoms with van der Waals surface area (Å²) in [7, 11) is 0. The Bertz CT molecular complexity index is 819. The van der Waals surface area contributed by atoms with Crippen LogP contribution in [0.25, 0.3) is 0 Å². The van der Waals surface area contributed by atoms with Crippen molar-refractivity contribution in [2.45, 2.75) is 53.0 Å². The summed E-state index contributed by atoms with van der Waals surface area (Å²) in [6.45, 7) is 20.2. The first kappa shape index (κ1) is 25.7. The smallest absolute Gasteiger partial charge is 0.119 e. The Balaban J connectivity index is 1.41. The highest BCUT2D eigenvalue weighted by Gasteiger charge is 2.30. The summed E-state index contributed by atoms with van der Waals surface area (Å²) in [5.74, 6) is 0.920. The zero-order valence-electron chi connectivity index (χ0n) is 21.5. The molecule has 4 nitrogen and oxygen atoms in total. The molecule has 1 aliphatic rings. The SMILES string of the molecule is CC(C)(C)CC(C)(C)c1ccc(OCCOCC[N+]2(Cc3ccccc3)CCNCC2)cc1. The fourth-order valence-electron chi connectivity index (χ4n) is 5.31. The van der Waals surface area contributed by atoms with Gasteiger partial charge in [-0.25, -0.2) is 0 Å². The standard InChI is InChI=1S/C29H45N2O2/c1-28(2,3)24-29(4,5)26-11-13-27(14-12-26)33-22-21-32-20-19-31(17-15-30-16-18-31)23-25-9-7-6-8-10-25/h6-14,30H,15-24H2,1-5H3/q+1. The number of ether oxygens (including phenoxy) is 2. The van der Waals surface area contributed by atoms with E-state index in [0.717, 1.165) is 62.5 Å². The number of rotatable bonds is 11. The maximum Gasteiger partial charge on any atom is 0.119 e. The lowest BCUT2D eigenvalue weighted by Gasteiger charge is -2.41. The van der Waals surface area contributed by atoms with Gasteiger partial charge in [-0.15, -0.1) is 0 Å². The highest BCUT2D eigenvalue weighted by atomic mass is 16.5. The van der Waals surface area contributed by atoms with Crippen LogP contribution < -0.4 is 10.1 Å². The molecule has 1 fully saturated rings. The Morgan fingerprint density at radius 3 is 2.12 bits per heavy atom. The van der Waals surface area contributed by atoms with Crippen LogP contribution in [0.3, 0.4) is 0 Å². The summed E-state index contributed by atoms with van der Waals surface area (Å²) < 4.78 is 13.0. The van der Waals surface area contributed by atoms with Crippen molar-refractivity contribution < 1.29 is 14.0 Å². The lowest BCUT2D eigenvalue weighted by molar-refractivity contribution is -0.942. The molecule has 0 aliphatic carbocycles. The monoisotopic (exact) mass is 453 g/mol. The van der Waals surface area contributed by atoms with E-state index in [2.05, 4.69) is 94.5 Å². The first-order valence-corrected chi connectivity index (χ1v) is 12.6. The molecule has 0 spiro atoms. The number of hydrogen-bond donors (Lipinski definition) is 1. The molecular formula is C29H45N2O2+. The van der Waals surface area contributed by atoms with E-state index < -0.39 is 0 Å². The molecule has 0 aromatic heterocycles. The second kappa shape index (κ2) is 11.5. The number of piperazine rings is 1. The van der Waals surface area contributed by atoms with Gasteiger partial charge in [-0.1, -0.05) is 77.1 Å². The Morgan fingerprint density at radius 2 is 1.48 bits per heavy atom. The molecule has 0 unspecified atom stereocenters. The normalized spacial score (nSPS) is 16.5. The van der Waals surface area contributed by atoms with Crippen molar-refractivity contribution in [1.29, 1.82) is 0 Å². The van der Waals surface area contributed by atoms with Gasteiger partial charge in [-0.2, -0.15) is 0 Å². The minimum absolute atomic E-state index is 0.155. The third-order valence-electron chi connectivity index (χ3n) is 6.70. The molecule has 0 bridgehead atoms. The minimum Gasteiger partial charge on any atom is -0.491 e. The first-order chi connectivity index (χ1) is 15.7. The van der Waals surface area contributed by atoms with Crippen LogP contribution in [0, 0.1) is 5.41 Å². The number of nitrogens with one attached hydrogen (secondary N) is 1. The van der Waals surface area contributed by atoms with Gasteiger partial charge in [-0.3, -0.25) is 0 Å². The van der Waals surface area contributed by atoms with Gasteiger partial charge in [0.1, 0.15) is 25.4 Å². The highest BCUT2D eigenvalue weighted by molar-refractivity contribution is 5.31. The van der Waals surface area contributed by atoms with Crippen LogP contribution in [0.15, 0.2) is 54.6 Å². The average Bonchev–Trinajstić information content (AvgIpc) is 2.76. The van der Waals surface area contributed by atoms with Gasteiger partial charge in [0, 0.05) is 18.7 Å². The van der Waals surface area contributed by atoms with Crippen LogP contribution >= 0.6 is 0 Å². The number of hydrogen-bond acceptors (Lipinski definition) is 3. The van der Waals surface area contributed by atoms with Crippen LogP contribution in [-0.4, -0.2) is 57.0 Å². The summed E-state index contributed by atoms with van der Waals surface area (Å²) in [6, 6.07) is 19.5. The van der Waals surface area contributed by atoms with Crippen LogP contribution in [0.4, 0.5) is 0 Å². The summed E-state index contributed by atoms with van der Waals surface area (Å²) >= 11 is 0. The largest absolute Gasteiger partial charge is 0.491 e. The number of benzene rings is 2. The van der Waals surface area contributed by atoms with E-state index in [9.17, 15) is 0 Å². The van der Waals surface area contributed by atoms with E-state index in [1.54, 1.807) is 0 Å². The fourth-order valence-corrected chi connectivity index (χ4v) is 5.31. The van der Waals surface area contributed by atoms with Crippen LogP contribution in [0.1, 0.15) is 52.2 Å². The highest BCUT2D eigenvalue weighted by Crippen LogP contribution is 2.36. The molecule has 182 valence electrons. The van der Waals surface area contributed by atoms with Crippen LogP contribution in [0.2, 0.25) is 0 Å². The minimum atomic E-state index is 0.155. The summed E-state index contributed by atoms with van der Waals surface area (Å²) in [5.41, 5.74) is 3.24. The third kappa shape index (κ3) is 8.44. The van der Waals surface area contributed by atoms with Gasteiger partial charge in [0.25, 0.3) is 0 Å². The van der Waals surface area contributed by atoms with Crippen molar-refractivity contribution >= 4 is 0 Å². The second-order valence-corrected chi connectivity index (χ2v) is 11.5. The molecule has 33 heavy (non-hydrogen) atoms. The molecule has 1 N–H and O–H groups in total. The van der Waals surface area contributed by atoms with Crippen molar-refractivity contribution in [2.75, 3.05) is 52.5 Å². The van der Waals surface area contributed by atoms with Gasteiger partial charge in [0.15, 0.2) is 0 Å². The lowest BCUT2D eigenvalue weighted by atomic mass is 9.72. The summed E-state index contributed by atoms with van der Waals surface area (Å²) in [6.07, 6.45) is 1.15. The second-order valence-electron chi connectivity index (χ2n) is 11.5. The van der Waals surface area contributed by atoms with Gasteiger partial charge < -0.3 is 19.3 Å². The zero-order chi connectivity index (χ0) is 23.8. The van der Waals surface area contributed by atoms with E-state index in [1.165, 1.54) is 11.1 Å². The molecule has 1 saturated heterocycles. The molecule has 4 heteroatoms. The molecule has 0 saturated carbocycles. The molecule has 2 aromatic carbocycles. The van der Waals surface area contributed by atoms with Crippen molar-refractivity contribution in [2.24, 2.45) is 5.41 Å². The molecule has 1 heterocycles. The molecule has 0 radical (unpaired) electrons. The molecule has 0 atom stereocenters. The van der Waals surface area contributed by atoms with E-state index in [0.29, 0.717) is 18.6 Å². The third-order valence-corrected chi connectivity index (χ3v) is 6.70. The van der Waals surface area contributed by atoms with Gasteiger partial charge in [-0.05, 0) is 34.9 Å². The number of nitrogens with zero attached hydrogens (tertiary/aromatic N) is 1. The van der Waals surface area contributed by atoms with Crippen molar-refractivity contribution in [3.63, 3.8) is 0 Å². The van der Waals surface area contributed by atoms with Gasteiger partial charge in [0.2, 0.25) is 0 Å². The Hall–Kier alpha value is -1.88. The Labute approximate surface area is 201 Å². The maximum atomic E-state index is 5.99. The molecular weight excluding hydrogens is 408 g/mol. The van der Waals surface area contributed by atoms with E-state index in [1.807, 2.05) is 0 Å². The van der Waals surface area contributed by atoms with Crippen molar-refractivity contribution in [3.8, 4) is 5.75 Å². The average molecular weight is 454 g/mol. The van der Waals surface area contributed by atoms with Crippen molar-refractivity contribution in [1.82, 2.24) is 5.32 Å². The quantitative estimate of drug-likeness (QED) is 0.364. The predicted molar refractivity (Wildman–Crippen MR) is 138 cm³/mol.